The van der Waals surface area contributed by atoms with Gasteiger partial charge in [-0.2, -0.15) is 0 Å². The Kier molecular flexibility index (Phi) is 3.85. The maximum absolute atomic E-state index is 12.4. The third-order valence-electron chi connectivity index (χ3n) is 3.35. The van der Waals surface area contributed by atoms with Crippen molar-refractivity contribution in [2.75, 3.05) is 5.75 Å². The first kappa shape index (κ1) is 13.3. The van der Waals surface area contributed by atoms with E-state index in [4.69, 9.17) is 0 Å². The van der Waals surface area contributed by atoms with Crippen molar-refractivity contribution in [3.05, 3.63) is 28.8 Å². The van der Waals surface area contributed by atoms with E-state index in [1.165, 1.54) is 0 Å². The monoisotopic (exact) mass is 266 g/mol. The van der Waals surface area contributed by atoms with E-state index >= 15 is 0 Å². The van der Waals surface area contributed by atoms with Crippen LogP contribution >= 0.6 is 0 Å². The summed E-state index contributed by atoms with van der Waals surface area (Å²) in [6.45, 7) is 3.82. The average molecular weight is 266 g/mol. The largest absolute Gasteiger partial charge is 0.478 e. The number of carboxylic acids is 1. The van der Waals surface area contributed by atoms with Crippen LogP contribution in [0.2, 0.25) is 0 Å². The normalized spacial score (nSPS) is 16.6. The summed E-state index contributed by atoms with van der Waals surface area (Å²) in [5.41, 5.74) is 1.97. The topological polar surface area (TPSA) is 54.4 Å². The van der Waals surface area contributed by atoms with Gasteiger partial charge in [0, 0.05) is 10.6 Å². The molecule has 1 aromatic rings. The standard InChI is InChI=1S/C14H18O3S/c1-3-11-12(14(15)16)7-4-9(2)13(11)18(17)8-10-5-6-10/h4,7,10H,3,5-6,8H2,1-2H3,(H,15,16)/t18-/m0/s1. The first-order valence-corrected chi connectivity index (χ1v) is 7.60. The molecule has 1 fully saturated rings. The van der Waals surface area contributed by atoms with E-state index in [0.29, 0.717) is 23.7 Å². The van der Waals surface area contributed by atoms with Crippen LogP contribution in [0, 0.1) is 12.8 Å². The number of carboxylic acid groups (broad SMARTS) is 1. The molecule has 0 heterocycles. The number of hydrogen-bond acceptors (Lipinski definition) is 2. The number of benzene rings is 1. The van der Waals surface area contributed by atoms with Gasteiger partial charge in [-0.3, -0.25) is 4.21 Å². The van der Waals surface area contributed by atoms with E-state index in [1.54, 1.807) is 12.1 Å². The molecule has 0 aromatic heterocycles. The van der Waals surface area contributed by atoms with Gasteiger partial charge in [-0.1, -0.05) is 13.0 Å². The third kappa shape index (κ3) is 2.64. The van der Waals surface area contributed by atoms with Crippen molar-refractivity contribution in [3.8, 4) is 0 Å². The van der Waals surface area contributed by atoms with Crippen LogP contribution in [-0.2, 0) is 17.2 Å². The zero-order valence-corrected chi connectivity index (χ0v) is 11.5. The van der Waals surface area contributed by atoms with E-state index in [1.807, 2.05) is 13.8 Å². The summed E-state index contributed by atoms with van der Waals surface area (Å²) in [5.74, 6) is 0.316. The van der Waals surface area contributed by atoms with E-state index in [0.717, 1.165) is 28.9 Å². The summed E-state index contributed by atoms with van der Waals surface area (Å²) in [4.78, 5) is 12.0. The van der Waals surface area contributed by atoms with E-state index < -0.39 is 16.8 Å². The van der Waals surface area contributed by atoms with Crippen LogP contribution in [0.3, 0.4) is 0 Å². The van der Waals surface area contributed by atoms with Crippen LogP contribution in [0.25, 0.3) is 0 Å². The highest BCUT2D eigenvalue weighted by atomic mass is 32.2. The fourth-order valence-electron chi connectivity index (χ4n) is 2.20. The molecule has 1 aliphatic carbocycles. The van der Waals surface area contributed by atoms with Crippen molar-refractivity contribution < 1.29 is 14.1 Å². The fraction of sp³-hybridized carbons (Fsp3) is 0.500. The zero-order chi connectivity index (χ0) is 13.3. The minimum absolute atomic E-state index is 0.294. The summed E-state index contributed by atoms with van der Waals surface area (Å²) in [6, 6.07) is 3.39. The molecule has 0 aliphatic heterocycles. The average Bonchev–Trinajstić information content (AvgIpc) is 3.11. The second-order valence-corrected chi connectivity index (χ2v) is 6.28. The molecule has 18 heavy (non-hydrogen) atoms. The van der Waals surface area contributed by atoms with Crippen molar-refractivity contribution in [1.82, 2.24) is 0 Å². The Labute approximate surface area is 110 Å². The molecule has 3 nitrogen and oxygen atoms in total. The molecule has 4 heteroatoms. The van der Waals surface area contributed by atoms with Crippen molar-refractivity contribution in [2.45, 2.75) is 38.0 Å². The molecule has 0 saturated heterocycles. The summed E-state index contributed by atoms with van der Waals surface area (Å²) in [5, 5.41) is 9.19. The van der Waals surface area contributed by atoms with Gasteiger partial charge in [0.1, 0.15) is 0 Å². The molecule has 1 N–H and O–H groups in total. The SMILES string of the molecule is CCc1c(C(=O)O)ccc(C)c1[S@@](=O)CC1CC1. The van der Waals surface area contributed by atoms with Gasteiger partial charge >= 0.3 is 5.97 Å². The Balaban J connectivity index is 2.45. The lowest BCUT2D eigenvalue weighted by atomic mass is 10.0. The highest BCUT2D eigenvalue weighted by Gasteiger charge is 2.27. The first-order valence-electron chi connectivity index (χ1n) is 6.28. The van der Waals surface area contributed by atoms with Crippen LogP contribution in [0.4, 0.5) is 0 Å². The van der Waals surface area contributed by atoms with Gasteiger partial charge in [0.15, 0.2) is 0 Å². The maximum atomic E-state index is 12.4. The summed E-state index contributed by atoms with van der Waals surface area (Å²) in [7, 11) is -1.06. The minimum Gasteiger partial charge on any atom is -0.478 e. The molecule has 1 aromatic carbocycles. The van der Waals surface area contributed by atoms with Gasteiger partial charge in [-0.25, -0.2) is 4.79 Å². The quantitative estimate of drug-likeness (QED) is 0.891. The van der Waals surface area contributed by atoms with Crippen molar-refractivity contribution in [2.24, 2.45) is 5.92 Å². The Morgan fingerprint density at radius 2 is 2.11 bits per heavy atom. The maximum Gasteiger partial charge on any atom is 0.336 e. The molecule has 98 valence electrons. The predicted octanol–water partition coefficient (Wildman–Crippen LogP) is 2.77. The van der Waals surface area contributed by atoms with Crippen LogP contribution in [-0.4, -0.2) is 21.0 Å². The van der Waals surface area contributed by atoms with Gasteiger partial charge in [0.2, 0.25) is 0 Å². The third-order valence-corrected chi connectivity index (χ3v) is 5.15. The van der Waals surface area contributed by atoms with Crippen molar-refractivity contribution in [1.29, 1.82) is 0 Å². The van der Waals surface area contributed by atoms with Gasteiger partial charge < -0.3 is 5.11 Å². The number of aryl methyl sites for hydroxylation is 1. The fourth-order valence-corrected chi connectivity index (χ4v) is 4.08. The highest BCUT2D eigenvalue weighted by Crippen LogP contribution is 2.33. The van der Waals surface area contributed by atoms with Crippen LogP contribution in [0.15, 0.2) is 17.0 Å². The minimum atomic E-state index is -1.06. The molecular formula is C14H18O3S. The van der Waals surface area contributed by atoms with E-state index in [9.17, 15) is 14.1 Å². The lowest BCUT2D eigenvalue weighted by molar-refractivity contribution is 0.0695. The second-order valence-electron chi connectivity index (χ2n) is 4.85. The van der Waals surface area contributed by atoms with Gasteiger partial charge in [-0.15, -0.1) is 0 Å². The molecule has 2 rings (SSSR count). The molecule has 0 amide bonds. The predicted molar refractivity (Wildman–Crippen MR) is 71.5 cm³/mol. The zero-order valence-electron chi connectivity index (χ0n) is 10.7. The van der Waals surface area contributed by atoms with Gasteiger partial charge in [0.25, 0.3) is 0 Å². The Morgan fingerprint density at radius 3 is 2.61 bits per heavy atom. The molecule has 1 saturated carbocycles. The first-order chi connectivity index (χ1) is 8.54. The molecular weight excluding hydrogens is 248 g/mol. The van der Waals surface area contributed by atoms with Crippen LogP contribution < -0.4 is 0 Å². The van der Waals surface area contributed by atoms with Gasteiger partial charge in [-0.05, 0) is 49.3 Å². The number of rotatable bonds is 5. The number of carbonyl (C=O) groups is 1. The van der Waals surface area contributed by atoms with Crippen LogP contribution in [0.5, 0.6) is 0 Å². The van der Waals surface area contributed by atoms with Crippen molar-refractivity contribution in [3.63, 3.8) is 0 Å². The molecule has 1 atom stereocenters. The number of hydrogen-bond donors (Lipinski definition) is 1. The lowest BCUT2D eigenvalue weighted by Gasteiger charge is -2.13. The van der Waals surface area contributed by atoms with Crippen molar-refractivity contribution >= 4 is 16.8 Å². The Bertz CT molecular complexity index is 504. The molecule has 1 aliphatic rings. The second kappa shape index (κ2) is 5.22. The Morgan fingerprint density at radius 1 is 1.44 bits per heavy atom. The lowest BCUT2D eigenvalue weighted by Crippen LogP contribution is -2.10. The van der Waals surface area contributed by atoms with Crippen LogP contribution in [0.1, 0.15) is 41.3 Å². The Hall–Kier alpha value is -1.16. The molecule has 0 radical (unpaired) electrons. The number of aromatic carboxylic acids is 1. The molecule has 0 spiro atoms. The summed E-state index contributed by atoms with van der Waals surface area (Å²) in [6.07, 6.45) is 2.92. The molecule has 0 bridgehead atoms. The smallest absolute Gasteiger partial charge is 0.336 e. The molecule has 0 unspecified atom stereocenters. The van der Waals surface area contributed by atoms with Gasteiger partial charge in [0.05, 0.1) is 16.4 Å². The summed E-state index contributed by atoms with van der Waals surface area (Å²) >= 11 is 0. The van der Waals surface area contributed by atoms with E-state index in [-0.39, 0.29) is 0 Å². The summed E-state index contributed by atoms with van der Waals surface area (Å²) < 4.78 is 12.4. The highest BCUT2D eigenvalue weighted by molar-refractivity contribution is 7.85. The van der Waals surface area contributed by atoms with E-state index in [2.05, 4.69) is 0 Å².